The minimum atomic E-state index is 1.26. The molecule has 0 saturated carbocycles. The van der Waals surface area contributed by atoms with Gasteiger partial charge in [-0.2, -0.15) is 0 Å². The van der Waals surface area contributed by atoms with Crippen LogP contribution < -0.4 is 0 Å². The Balaban J connectivity index is 1.28. The average molecular weight is 463 g/mol. The molecule has 0 aliphatic carbocycles. The maximum absolute atomic E-state index is 2.36. The van der Waals surface area contributed by atoms with Crippen molar-refractivity contribution in [2.75, 3.05) is 0 Å². The van der Waals surface area contributed by atoms with E-state index in [1.807, 2.05) is 0 Å². The Morgan fingerprint density at radius 3 is 0.735 bits per heavy atom. The first-order valence-corrected chi connectivity index (χ1v) is 14.7. The largest absolute Gasteiger partial charge is 0.0564 e. The first-order chi connectivity index (χ1) is 16.5. The number of rotatable bonds is 19. The number of hydrogen-bond acceptors (Lipinski definition) is 0. The van der Waals surface area contributed by atoms with Gasteiger partial charge in [-0.05, 0) is 64.5 Å². The summed E-state index contributed by atoms with van der Waals surface area (Å²) in [5.74, 6) is 0. The predicted molar refractivity (Wildman–Crippen MR) is 153 cm³/mol. The molecule has 0 spiro atoms. The van der Waals surface area contributed by atoms with E-state index in [0.717, 1.165) is 0 Å². The number of hydrogen-bond donors (Lipinski definition) is 0. The summed E-state index contributed by atoms with van der Waals surface area (Å²) in [4.78, 5) is 0. The zero-order chi connectivity index (χ0) is 24.4. The number of benzene rings is 2. The molecule has 0 bridgehead atoms. The lowest BCUT2D eigenvalue weighted by Crippen LogP contribution is -1.89. The van der Waals surface area contributed by atoms with Crippen LogP contribution >= 0.6 is 0 Å². The van der Waals surface area contributed by atoms with Crippen LogP contribution in [0.1, 0.15) is 136 Å². The van der Waals surface area contributed by atoms with E-state index < -0.39 is 0 Å². The van der Waals surface area contributed by atoms with Gasteiger partial charge in [-0.25, -0.2) is 0 Å². The predicted octanol–water partition coefficient (Wildman–Crippen LogP) is 10.9. The van der Waals surface area contributed by atoms with Crippen LogP contribution in [-0.4, -0.2) is 0 Å². The van der Waals surface area contributed by atoms with E-state index in [4.69, 9.17) is 0 Å². The summed E-state index contributed by atoms with van der Waals surface area (Å²) >= 11 is 0. The fourth-order valence-corrected chi connectivity index (χ4v) is 5.56. The molecule has 0 N–H and O–H groups in total. The minimum Gasteiger partial charge on any atom is -0.0564 e. The lowest BCUT2D eigenvalue weighted by Gasteiger charge is -2.06. The lowest BCUT2D eigenvalue weighted by atomic mass is 10.0. The quantitative estimate of drug-likeness (QED) is 0.182. The summed E-state index contributed by atoms with van der Waals surface area (Å²) in [5.41, 5.74) is 8.71. The summed E-state index contributed by atoms with van der Waals surface area (Å²) in [7, 11) is 0. The molecule has 2 rings (SSSR count). The first kappa shape index (κ1) is 28.7. The van der Waals surface area contributed by atoms with Gasteiger partial charge in [0.2, 0.25) is 0 Å². The first-order valence-electron chi connectivity index (χ1n) is 14.7. The van der Waals surface area contributed by atoms with Gasteiger partial charge < -0.3 is 0 Å². The highest BCUT2D eigenvalue weighted by Gasteiger charge is 1.99. The molecule has 0 fully saturated rings. The van der Waals surface area contributed by atoms with Crippen LogP contribution in [0.2, 0.25) is 0 Å². The maximum Gasteiger partial charge on any atom is -0.0279 e. The normalized spacial score (nSPS) is 11.3. The highest BCUT2D eigenvalue weighted by molar-refractivity contribution is 5.29. The third-order valence-corrected chi connectivity index (χ3v) is 7.24. The molecule has 0 unspecified atom stereocenters. The zero-order valence-corrected chi connectivity index (χ0v) is 23.2. The van der Waals surface area contributed by atoms with Gasteiger partial charge >= 0.3 is 0 Å². The Hall–Kier alpha value is -1.56. The van der Waals surface area contributed by atoms with Crippen molar-refractivity contribution in [2.24, 2.45) is 0 Å². The summed E-state index contributed by atoms with van der Waals surface area (Å²) < 4.78 is 0. The highest BCUT2D eigenvalue weighted by Crippen LogP contribution is 2.17. The molecule has 34 heavy (non-hydrogen) atoms. The van der Waals surface area contributed by atoms with Crippen molar-refractivity contribution < 1.29 is 0 Å². The number of aryl methyl sites for hydroxylation is 6. The van der Waals surface area contributed by atoms with Gasteiger partial charge in [0.1, 0.15) is 0 Å². The van der Waals surface area contributed by atoms with Crippen LogP contribution in [0.25, 0.3) is 0 Å². The molecule has 2 aromatic carbocycles. The van der Waals surface area contributed by atoms with Gasteiger partial charge in [-0.1, -0.05) is 149 Å². The van der Waals surface area contributed by atoms with Crippen LogP contribution in [0.3, 0.4) is 0 Å². The topological polar surface area (TPSA) is 0 Å². The Morgan fingerprint density at radius 2 is 0.500 bits per heavy atom. The molecule has 190 valence electrons. The Morgan fingerprint density at radius 1 is 0.294 bits per heavy atom. The molecule has 2 aromatic rings. The van der Waals surface area contributed by atoms with E-state index in [0.29, 0.717) is 0 Å². The standard InChI is InChI=1S/C34H54/c1-29-23-30(2)26-33(25-29)21-19-17-15-13-11-9-7-5-6-8-10-12-14-16-18-20-22-34-27-31(3)24-32(4)28-34/h23-28H,5-22H2,1-4H3. The third-order valence-electron chi connectivity index (χ3n) is 7.24. The fourth-order valence-electron chi connectivity index (χ4n) is 5.56. The maximum atomic E-state index is 2.36. The van der Waals surface area contributed by atoms with Gasteiger partial charge in [0, 0.05) is 0 Å². The van der Waals surface area contributed by atoms with Crippen molar-refractivity contribution >= 4 is 0 Å². The zero-order valence-electron chi connectivity index (χ0n) is 23.2. The van der Waals surface area contributed by atoms with Crippen molar-refractivity contribution in [2.45, 2.75) is 143 Å². The molecule has 0 heteroatoms. The van der Waals surface area contributed by atoms with Crippen LogP contribution in [0.15, 0.2) is 36.4 Å². The molecule has 0 radical (unpaired) electrons. The summed E-state index contributed by atoms with van der Waals surface area (Å²) in [6.45, 7) is 8.86. The molecule has 0 amide bonds. The lowest BCUT2D eigenvalue weighted by molar-refractivity contribution is 0.528. The molecular weight excluding hydrogens is 408 g/mol. The van der Waals surface area contributed by atoms with Crippen LogP contribution in [0.5, 0.6) is 0 Å². The second kappa shape index (κ2) is 17.8. The second-order valence-corrected chi connectivity index (χ2v) is 11.1. The van der Waals surface area contributed by atoms with Crippen molar-refractivity contribution in [3.63, 3.8) is 0 Å². The molecule has 0 nitrogen and oxygen atoms in total. The molecule has 0 aliphatic heterocycles. The van der Waals surface area contributed by atoms with Gasteiger partial charge in [0.25, 0.3) is 0 Å². The van der Waals surface area contributed by atoms with Gasteiger partial charge in [0.05, 0.1) is 0 Å². The van der Waals surface area contributed by atoms with E-state index >= 15 is 0 Å². The smallest absolute Gasteiger partial charge is 0.0279 e. The SMILES string of the molecule is Cc1cc(C)cc(CCCCCCCCCCCCCCCCCCc2cc(C)cc(C)c2)c1. The van der Waals surface area contributed by atoms with E-state index in [2.05, 4.69) is 64.1 Å². The summed E-state index contributed by atoms with van der Waals surface area (Å²) in [6, 6.07) is 14.0. The Labute approximate surface area is 213 Å². The molecule has 0 heterocycles. The van der Waals surface area contributed by atoms with Crippen molar-refractivity contribution in [3.05, 3.63) is 69.8 Å². The third kappa shape index (κ3) is 14.0. The molecule has 0 aromatic heterocycles. The monoisotopic (exact) mass is 462 g/mol. The average Bonchev–Trinajstić information content (AvgIpc) is 2.77. The van der Waals surface area contributed by atoms with Gasteiger partial charge in [-0.15, -0.1) is 0 Å². The highest BCUT2D eigenvalue weighted by atomic mass is 14.1. The van der Waals surface area contributed by atoms with E-state index in [1.54, 1.807) is 0 Å². The molecule has 0 atom stereocenters. The Kier molecular flexibility index (Phi) is 15.0. The summed E-state index contributed by atoms with van der Waals surface area (Å²) in [5, 5.41) is 0. The van der Waals surface area contributed by atoms with Crippen LogP contribution in [-0.2, 0) is 12.8 Å². The Bertz CT molecular complexity index is 677. The number of unbranched alkanes of at least 4 members (excludes halogenated alkanes) is 15. The van der Waals surface area contributed by atoms with E-state index in [-0.39, 0.29) is 0 Å². The van der Waals surface area contributed by atoms with Crippen LogP contribution in [0, 0.1) is 27.7 Å². The van der Waals surface area contributed by atoms with Crippen molar-refractivity contribution in [1.29, 1.82) is 0 Å². The molecule has 0 saturated heterocycles. The van der Waals surface area contributed by atoms with E-state index in [9.17, 15) is 0 Å². The van der Waals surface area contributed by atoms with Crippen molar-refractivity contribution in [1.82, 2.24) is 0 Å². The van der Waals surface area contributed by atoms with Gasteiger partial charge in [-0.3, -0.25) is 0 Å². The minimum absolute atomic E-state index is 1.26. The van der Waals surface area contributed by atoms with Gasteiger partial charge in [0.15, 0.2) is 0 Å². The van der Waals surface area contributed by atoms with Crippen molar-refractivity contribution in [3.8, 4) is 0 Å². The summed E-state index contributed by atoms with van der Waals surface area (Å²) in [6.07, 6.45) is 25.4. The fraction of sp³-hybridized carbons (Fsp3) is 0.647. The van der Waals surface area contributed by atoms with Crippen LogP contribution in [0.4, 0.5) is 0 Å². The molecular formula is C34H54. The second-order valence-electron chi connectivity index (χ2n) is 11.1. The molecule has 0 aliphatic rings. The van der Waals surface area contributed by atoms with E-state index in [1.165, 1.54) is 149 Å².